The topological polar surface area (TPSA) is 78.2 Å². The van der Waals surface area contributed by atoms with E-state index in [-0.39, 0.29) is 23.2 Å². The van der Waals surface area contributed by atoms with Gasteiger partial charge in [-0.15, -0.1) is 0 Å². The van der Waals surface area contributed by atoms with E-state index in [9.17, 15) is 9.59 Å². The van der Waals surface area contributed by atoms with E-state index >= 15 is 0 Å². The van der Waals surface area contributed by atoms with E-state index in [4.69, 9.17) is 18.6 Å². The highest BCUT2D eigenvalue weighted by Gasteiger charge is 2.44. The Kier molecular flexibility index (Phi) is 7.07. The number of aryl methyl sites for hydroxylation is 2. The van der Waals surface area contributed by atoms with Crippen molar-refractivity contribution in [2.24, 2.45) is 0 Å². The molecule has 1 fully saturated rings. The average Bonchev–Trinajstić information content (AvgIpc) is 3.57. The summed E-state index contributed by atoms with van der Waals surface area (Å²) in [5.41, 5.74) is 4.40. The van der Waals surface area contributed by atoms with Gasteiger partial charge in [0.2, 0.25) is 5.76 Å². The molecule has 0 N–H and O–H groups in total. The molecular weight excluding hydrogens is 506 g/mol. The van der Waals surface area contributed by atoms with Gasteiger partial charge in [0, 0.05) is 13.2 Å². The Bertz CT molecular complexity index is 1620. The lowest BCUT2D eigenvalue weighted by molar-refractivity contribution is 0.0486. The van der Waals surface area contributed by atoms with Crippen molar-refractivity contribution in [1.29, 1.82) is 0 Å². The van der Waals surface area contributed by atoms with Crippen LogP contribution in [0.15, 0.2) is 69.9 Å². The Morgan fingerprint density at radius 1 is 0.950 bits per heavy atom. The van der Waals surface area contributed by atoms with Crippen LogP contribution >= 0.6 is 0 Å². The first-order valence-corrected chi connectivity index (χ1v) is 13.9. The highest BCUT2D eigenvalue weighted by atomic mass is 16.5. The van der Waals surface area contributed by atoms with E-state index < -0.39 is 6.04 Å². The number of benzene rings is 3. The fourth-order valence-corrected chi connectivity index (χ4v) is 5.64. The SMILES string of the molecule is CCOc1cc(C2c3c(oc4cc(C)c(C)cc4c3=O)C(=O)N2CC2CCCO2)ccc1OCc1ccccc1. The van der Waals surface area contributed by atoms with Crippen LogP contribution in [0.25, 0.3) is 11.0 Å². The normalized spacial score (nSPS) is 18.4. The zero-order valence-corrected chi connectivity index (χ0v) is 23.1. The maximum atomic E-state index is 14.0. The van der Waals surface area contributed by atoms with Gasteiger partial charge in [-0.3, -0.25) is 9.59 Å². The minimum atomic E-state index is -0.628. The van der Waals surface area contributed by atoms with E-state index in [1.165, 1.54) is 0 Å². The fraction of sp³-hybridized carbons (Fsp3) is 0.333. The molecule has 2 aliphatic rings. The van der Waals surface area contributed by atoms with E-state index in [2.05, 4.69) is 0 Å². The van der Waals surface area contributed by atoms with E-state index in [1.54, 1.807) is 4.90 Å². The molecule has 1 aromatic heterocycles. The van der Waals surface area contributed by atoms with Crippen molar-refractivity contribution in [3.8, 4) is 11.5 Å². The number of nitrogens with zero attached hydrogens (tertiary/aromatic N) is 1. The van der Waals surface area contributed by atoms with Crippen molar-refractivity contribution >= 4 is 16.9 Å². The number of amides is 1. The van der Waals surface area contributed by atoms with Crippen molar-refractivity contribution in [3.63, 3.8) is 0 Å². The minimum Gasteiger partial charge on any atom is -0.490 e. The zero-order chi connectivity index (χ0) is 27.8. The highest BCUT2D eigenvalue weighted by Crippen LogP contribution is 2.42. The number of rotatable bonds is 8. The van der Waals surface area contributed by atoms with Gasteiger partial charge < -0.3 is 23.5 Å². The van der Waals surface area contributed by atoms with Gasteiger partial charge in [0.15, 0.2) is 16.9 Å². The summed E-state index contributed by atoms with van der Waals surface area (Å²) in [5.74, 6) is 0.966. The summed E-state index contributed by atoms with van der Waals surface area (Å²) in [4.78, 5) is 29.6. The van der Waals surface area contributed by atoms with Crippen LogP contribution in [0.2, 0.25) is 0 Å². The number of hydrogen-bond acceptors (Lipinski definition) is 6. The Morgan fingerprint density at radius 2 is 1.75 bits per heavy atom. The molecule has 206 valence electrons. The number of hydrogen-bond donors (Lipinski definition) is 0. The molecule has 1 amide bonds. The Hall–Kier alpha value is -4.10. The minimum absolute atomic E-state index is 0.0883. The molecule has 0 aliphatic carbocycles. The maximum absolute atomic E-state index is 14.0. The van der Waals surface area contributed by atoms with Gasteiger partial charge in [0.1, 0.15) is 12.2 Å². The smallest absolute Gasteiger partial charge is 0.291 e. The monoisotopic (exact) mass is 539 g/mol. The predicted molar refractivity (Wildman–Crippen MR) is 152 cm³/mol. The molecule has 3 aromatic carbocycles. The molecule has 3 heterocycles. The van der Waals surface area contributed by atoms with Crippen molar-refractivity contribution in [3.05, 3.63) is 104 Å². The Morgan fingerprint density at radius 3 is 2.50 bits per heavy atom. The molecule has 1 saturated heterocycles. The molecule has 40 heavy (non-hydrogen) atoms. The summed E-state index contributed by atoms with van der Waals surface area (Å²) < 4.78 is 24.2. The molecule has 0 radical (unpaired) electrons. The predicted octanol–water partition coefficient (Wildman–Crippen LogP) is 6.11. The third-order valence-corrected chi connectivity index (χ3v) is 7.83. The third-order valence-electron chi connectivity index (χ3n) is 7.83. The number of ether oxygens (including phenoxy) is 3. The molecule has 7 heteroatoms. The van der Waals surface area contributed by atoms with Gasteiger partial charge in [-0.05, 0) is 80.1 Å². The number of carbonyl (C=O) groups excluding carboxylic acids is 1. The molecule has 0 spiro atoms. The zero-order valence-electron chi connectivity index (χ0n) is 23.1. The molecule has 2 unspecified atom stereocenters. The van der Waals surface area contributed by atoms with E-state index in [1.807, 2.05) is 81.4 Å². The summed E-state index contributed by atoms with van der Waals surface area (Å²) in [6.45, 7) is 7.73. The molecule has 0 saturated carbocycles. The molecule has 0 bridgehead atoms. The van der Waals surface area contributed by atoms with Crippen molar-refractivity contribution < 1.29 is 23.4 Å². The van der Waals surface area contributed by atoms with E-state index in [0.29, 0.717) is 54.4 Å². The molecular formula is C33H33NO6. The van der Waals surface area contributed by atoms with Crippen LogP contribution in [0, 0.1) is 13.8 Å². The quantitative estimate of drug-likeness (QED) is 0.269. The van der Waals surface area contributed by atoms with Crippen molar-refractivity contribution in [2.45, 2.75) is 52.4 Å². The lowest BCUT2D eigenvalue weighted by Crippen LogP contribution is -2.36. The van der Waals surface area contributed by atoms with Crippen LogP contribution in [-0.4, -0.2) is 36.7 Å². The van der Waals surface area contributed by atoms with Crippen LogP contribution in [0.5, 0.6) is 11.5 Å². The average molecular weight is 540 g/mol. The van der Waals surface area contributed by atoms with Gasteiger partial charge in [-0.2, -0.15) is 0 Å². The summed E-state index contributed by atoms with van der Waals surface area (Å²) in [5, 5.41) is 0.478. The first kappa shape index (κ1) is 26.1. The fourth-order valence-electron chi connectivity index (χ4n) is 5.64. The second-order valence-corrected chi connectivity index (χ2v) is 10.5. The van der Waals surface area contributed by atoms with Crippen LogP contribution in [-0.2, 0) is 11.3 Å². The van der Waals surface area contributed by atoms with Crippen molar-refractivity contribution in [2.75, 3.05) is 19.8 Å². The van der Waals surface area contributed by atoms with Crippen LogP contribution in [0.4, 0.5) is 0 Å². The van der Waals surface area contributed by atoms with Gasteiger partial charge in [-0.1, -0.05) is 36.4 Å². The van der Waals surface area contributed by atoms with Gasteiger partial charge in [0.25, 0.3) is 5.91 Å². The standard InChI is InChI=1S/C33H33NO6/c1-4-37-28-17-23(12-13-26(28)39-19-22-9-6-5-7-10-22)30-29-31(35)25-15-20(2)21(3)16-27(25)40-32(29)33(36)34(30)18-24-11-8-14-38-24/h5-7,9-10,12-13,15-17,24,30H,4,8,11,14,18-19H2,1-3H3. The summed E-state index contributed by atoms with van der Waals surface area (Å²) in [6.07, 6.45) is 1.73. The highest BCUT2D eigenvalue weighted by molar-refractivity contribution is 5.99. The number of fused-ring (bicyclic) bond motifs is 2. The Balaban J connectivity index is 1.45. The molecule has 7 nitrogen and oxygen atoms in total. The van der Waals surface area contributed by atoms with Gasteiger partial charge in [0.05, 0.1) is 29.7 Å². The summed E-state index contributed by atoms with van der Waals surface area (Å²) in [6, 6.07) is 18.6. The second-order valence-electron chi connectivity index (χ2n) is 10.5. The Labute approximate surface area is 233 Å². The lowest BCUT2D eigenvalue weighted by atomic mass is 9.97. The van der Waals surface area contributed by atoms with Crippen LogP contribution in [0.1, 0.15) is 64.2 Å². The van der Waals surface area contributed by atoms with Gasteiger partial charge >= 0.3 is 0 Å². The number of carbonyl (C=O) groups is 1. The largest absolute Gasteiger partial charge is 0.490 e. The van der Waals surface area contributed by atoms with Crippen LogP contribution < -0.4 is 14.9 Å². The first-order chi connectivity index (χ1) is 19.4. The molecule has 2 aliphatic heterocycles. The molecule has 4 aromatic rings. The third kappa shape index (κ3) is 4.75. The molecule has 2 atom stereocenters. The second kappa shape index (κ2) is 10.8. The summed E-state index contributed by atoms with van der Waals surface area (Å²) >= 11 is 0. The summed E-state index contributed by atoms with van der Waals surface area (Å²) in [7, 11) is 0. The maximum Gasteiger partial charge on any atom is 0.291 e. The van der Waals surface area contributed by atoms with Crippen LogP contribution in [0.3, 0.4) is 0 Å². The van der Waals surface area contributed by atoms with Gasteiger partial charge in [-0.25, -0.2) is 0 Å². The van der Waals surface area contributed by atoms with Crippen molar-refractivity contribution in [1.82, 2.24) is 4.90 Å². The molecule has 6 rings (SSSR count). The first-order valence-electron chi connectivity index (χ1n) is 13.9. The lowest BCUT2D eigenvalue weighted by Gasteiger charge is -2.28. The van der Waals surface area contributed by atoms with E-state index in [0.717, 1.165) is 35.1 Å².